The second-order valence-corrected chi connectivity index (χ2v) is 8.41. The molecule has 2 fully saturated rings. The number of carbonyl (C=O) groups is 1. The molecule has 1 atom stereocenters. The van der Waals surface area contributed by atoms with Crippen LogP contribution in [0.1, 0.15) is 49.3 Å². The zero-order chi connectivity index (χ0) is 18.3. The first-order valence-electron chi connectivity index (χ1n) is 10.0. The van der Waals surface area contributed by atoms with Crippen molar-refractivity contribution in [3.63, 3.8) is 0 Å². The summed E-state index contributed by atoms with van der Waals surface area (Å²) in [6, 6.07) is 6.28. The molecular formula is C21H30N4O. The molecule has 1 amide bonds. The van der Waals surface area contributed by atoms with E-state index in [0.717, 1.165) is 54.4 Å². The van der Waals surface area contributed by atoms with Crippen molar-refractivity contribution in [2.24, 2.45) is 11.8 Å². The lowest BCUT2D eigenvalue weighted by Crippen LogP contribution is -2.46. The molecule has 0 radical (unpaired) electrons. The maximum atomic E-state index is 13.2. The molecule has 2 aromatic rings. The first-order chi connectivity index (χ1) is 12.5. The predicted octanol–water partition coefficient (Wildman–Crippen LogP) is 3.45. The molecule has 1 aromatic heterocycles. The van der Waals surface area contributed by atoms with Gasteiger partial charge in [-0.25, -0.2) is 4.98 Å². The van der Waals surface area contributed by atoms with Gasteiger partial charge in [0, 0.05) is 37.8 Å². The third-order valence-corrected chi connectivity index (χ3v) is 5.84. The van der Waals surface area contributed by atoms with E-state index in [2.05, 4.69) is 33.6 Å². The molecule has 140 valence electrons. The lowest BCUT2D eigenvalue weighted by Gasteiger charge is -2.34. The molecule has 2 aliphatic rings. The summed E-state index contributed by atoms with van der Waals surface area (Å²) in [5.41, 5.74) is 2.63. The minimum Gasteiger partial charge on any atom is -0.342 e. The zero-order valence-corrected chi connectivity index (χ0v) is 16.2. The summed E-state index contributed by atoms with van der Waals surface area (Å²) < 4.78 is 0. The van der Waals surface area contributed by atoms with Gasteiger partial charge in [-0.05, 0) is 56.2 Å². The average molecular weight is 354 g/mol. The first kappa shape index (κ1) is 17.5. The van der Waals surface area contributed by atoms with E-state index in [-0.39, 0.29) is 5.91 Å². The van der Waals surface area contributed by atoms with Crippen molar-refractivity contribution in [3.8, 4) is 0 Å². The highest BCUT2D eigenvalue weighted by molar-refractivity contribution is 5.97. The first-order valence-corrected chi connectivity index (χ1v) is 10.0. The van der Waals surface area contributed by atoms with Crippen molar-refractivity contribution in [3.05, 3.63) is 29.6 Å². The molecule has 5 nitrogen and oxygen atoms in total. The number of benzene rings is 1. The van der Waals surface area contributed by atoms with Gasteiger partial charge in [0.2, 0.25) is 0 Å². The molecule has 1 saturated heterocycles. The minimum atomic E-state index is 0.151. The van der Waals surface area contributed by atoms with Gasteiger partial charge in [-0.15, -0.1) is 0 Å². The molecule has 1 N–H and O–H groups in total. The fourth-order valence-electron chi connectivity index (χ4n) is 4.19. The van der Waals surface area contributed by atoms with Crippen molar-refractivity contribution in [2.45, 2.75) is 46.1 Å². The van der Waals surface area contributed by atoms with Crippen LogP contribution in [0.25, 0.3) is 11.0 Å². The van der Waals surface area contributed by atoms with Crippen LogP contribution in [0.4, 0.5) is 0 Å². The number of carbonyl (C=O) groups excluding carboxylic acids is 1. The molecule has 26 heavy (non-hydrogen) atoms. The summed E-state index contributed by atoms with van der Waals surface area (Å²) in [6.45, 7) is 10.5. The summed E-state index contributed by atoms with van der Waals surface area (Å²) in [7, 11) is 0. The lowest BCUT2D eigenvalue weighted by atomic mass is 10.0. The SMILES string of the molecule is Cc1nc2ccc(C(=O)N3CCCN(CC4CC4)[C@H](C(C)C)C3)cc2[nH]1. The molecule has 5 heteroatoms. The maximum absolute atomic E-state index is 13.2. The Kier molecular flexibility index (Phi) is 4.74. The van der Waals surface area contributed by atoms with E-state index in [4.69, 9.17) is 0 Å². The van der Waals surface area contributed by atoms with Gasteiger partial charge < -0.3 is 9.88 Å². The van der Waals surface area contributed by atoms with Crippen LogP contribution in [0.5, 0.6) is 0 Å². The second-order valence-electron chi connectivity index (χ2n) is 8.41. The highest BCUT2D eigenvalue weighted by Crippen LogP contribution is 2.32. The average Bonchev–Trinajstić information content (AvgIpc) is 3.37. The Morgan fingerprint density at radius 1 is 1.31 bits per heavy atom. The molecule has 1 aliphatic carbocycles. The summed E-state index contributed by atoms with van der Waals surface area (Å²) >= 11 is 0. The Morgan fingerprint density at radius 2 is 2.12 bits per heavy atom. The summed E-state index contributed by atoms with van der Waals surface area (Å²) in [6.07, 6.45) is 3.83. The topological polar surface area (TPSA) is 52.2 Å². The smallest absolute Gasteiger partial charge is 0.253 e. The van der Waals surface area contributed by atoms with Crippen LogP contribution in [0.3, 0.4) is 0 Å². The largest absolute Gasteiger partial charge is 0.342 e. The monoisotopic (exact) mass is 354 g/mol. The molecule has 0 unspecified atom stereocenters. The molecule has 1 aromatic carbocycles. The van der Waals surface area contributed by atoms with Crippen LogP contribution >= 0.6 is 0 Å². The highest BCUT2D eigenvalue weighted by Gasteiger charge is 2.33. The maximum Gasteiger partial charge on any atom is 0.253 e. The van der Waals surface area contributed by atoms with E-state index >= 15 is 0 Å². The third kappa shape index (κ3) is 3.63. The number of amides is 1. The number of aryl methyl sites for hydroxylation is 1. The lowest BCUT2D eigenvalue weighted by molar-refractivity contribution is 0.0704. The number of fused-ring (bicyclic) bond motifs is 1. The van der Waals surface area contributed by atoms with E-state index in [1.54, 1.807) is 0 Å². The Labute approximate surface area is 155 Å². The van der Waals surface area contributed by atoms with E-state index in [9.17, 15) is 4.79 Å². The van der Waals surface area contributed by atoms with Crippen LogP contribution in [0.15, 0.2) is 18.2 Å². The van der Waals surface area contributed by atoms with Crippen molar-refractivity contribution in [1.29, 1.82) is 0 Å². The Balaban J connectivity index is 1.53. The summed E-state index contributed by atoms with van der Waals surface area (Å²) in [4.78, 5) is 25.6. The van der Waals surface area contributed by atoms with Gasteiger partial charge in [0.05, 0.1) is 11.0 Å². The number of aromatic nitrogens is 2. The van der Waals surface area contributed by atoms with Gasteiger partial charge in [0.25, 0.3) is 5.91 Å². The molecule has 1 saturated carbocycles. The molecule has 1 aliphatic heterocycles. The number of aromatic amines is 1. The molecular weight excluding hydrogens is 324 g/mol. The van der Waals surface area contributed by atoms with Crippen molar-refractivity contribution in [1.82, 2.24) is 19.8 Å². The number of rotatable bonds is 4. The van der Waals surface area contributed by atoms with Gasteiger partial charge in [-0.2, -0.15) is 0 Å². The van der Waals surface area contributed by atoms with E-state index in [1.165, 1.54) is 19.4 Å². The van der Waals surface area contributed by atoms with Crippen molar-refractivity contribution >= 4 is 16.9 Å². The number of H-pyrrole nitrogens is 1. The van der Waals surface area contributed by atoms with Crippen LogP contribution < -0.4 is 0 Å². The number of nitrogens with zero attached hydrogens (tertiary/aromatic N) is 3. The third-order valence-electron chi connectivity index (χ3n) is 5.84. The molecule has 2 heterocycles. The van der Waals surface area contributed by atoms with E-state index < -0.39 is 0 Å². The minimum absolute atomic E-state index is 0.151. The second kappa shape index (κ2) is 7.03. The number of hydrogen-bond donors (Lipinski definition) is 1. The number of hydrogen-bond acceptors (Lipinski definition) is 3. The zero-order valence-electron chi connectivity index (χ0n) is 16.2. The van der Waals surface area contributed by atoms with Gasteiger partial charge >= 0.3 is 0 Å². The molecule has 0 bridgehead atoms. The van der Waals surface area contributed by atoms with Crippen LogP contribution in [0.2, 0.25) is 0 Å². The van der Waals surface area contributed by atoms with Gasteiger partial charge in [-0.1, -0.05) is 13.8 Å². The van der Waals surface area contributed by atoms with Gasteiger partial charge in [0.1, 0.15) is 5.82 Å². The summed E-state index contributed by atoms with van der Waals surface area (Å²) in [5, 5.41) is 0. The molecule has 0 spiro atoms. The quantitative estimate of drug-likeness (QED) is 0.915. The molecule has 4 rings (SSSR count). The van der Waals surface area contributed by atoms with Crippen molar-refractivity contribution in [2.75, 3.05) is 26.2 Å². The standard InChI is InChI=1S/C21H30N4O/c1-14(2)20-13-25(10-4-9-24(20)12-16-5-6-16)21(26)17-7-8-18-19(11-17)23-15(3)22-18/h7-8,11,14,16,20H,4-6,9-10,12-13H2,1-3H3,(H,22,23)/t20-/m0/s1. The van der Waals surface area contributed by atoms with Gasteiger partial charge in [-0.3, -0.25) is 9.69 Å². The Hall–Kier alpha value is -1.88. The Bertz CT molecular complexity index is 792. The van der Waals surface area contributed by atoms with Crippen LogP contribution in [-0.4, -0.2) is 57.9 Å². The van der Waals surface area contributed by atoms with E-state index in [0.29, 0.717) is 12.0 Å². The predicted molar refractivity (Wildman–Crippen MR) is 104 cm³/mol. The van der Waals surface area contributed by atoms with Crippen LogP contribution in [-0.2, 0) is 0 Å². The number of nitrogens with one attached hydrogen (secondary N) is 1. The van der Waals surface area contributed by atoms with Crippen LogP contribution in [0, 0.1) is 18.8 Å². The normalized spacial score (nSPS) is 22.2. The van der Waals surface area contributed by atoms with Gasteiger partial charge in [0.15, 0.2) is 0 Å². The van der Waals surface area contributed by atoms with E-state index in [1.807, 2.05) is 25.1 Å². The summed E-state index contributed by atoms with van der Waals surface area (Å²) in [5.74, 6) is 2.48. The highest BCUT2D eigenvalue weighted by atomic mass is 16.2. The van der Waals surface area contributed by atoms with Crippen molar-refractivity contribution < 1.29 is 4.79 Å². The fourth-order valence-corrected chi connectivity index (χ4v) is 4.19. The number of imidazole rings is 1. The Morgan fingerprint density at radius 3 is 2.85 bits per heavy atom. The fraction of sp³-hybridized carbons (Fsp3) is 0.619.